The van der Waals surface area contributed by atoms with Crippen LogP contribution in [0.5, 0.6) is 5.75 Å². The van der Waals surface area contributed by atoms with Gasteiger partial charge < -0.3 is 14.8 Å². The quantitative estimate of drug-likeness (QED) is 0.843. The second-order valence-corrected chi connectivity index (χ2v) is 7.32. The molecule has 3 rings (SSSR count). The lowest BCUT2D eigenvalue weighted by Gasteiger charge is -2.48. The third-order valence-electron chi connectivity index (χ3n) is 5.55. The van der Waals surface area contributed by atoms with E-state index in [0.717, 1.165) is 39.1 Å². The fraction of sp³-hybridized carbons (Fsp3) is 0.650. The highest BCUT2D eigenvalue weighted by molar-refractivity contribution is 5.80. The van der Waals surface area contributed by atoms with Crippen molar-refractivity contribution < 1.29 is 18.7 Å². The number of rotatable bonds is 6. The first-order valence-electron chi connectivity index (χ1n) is 9.62. The van der Waals surface area contributed by atoms with Crippen molar-refractivity contribution in [2.24, 2.45) is 0 Å². The molecule has 1 aliphatic carbocycles. The Labute approximate surface area is 154 Å². The van der Waals surface area contributed by atoms with Crippen molar-refractivity contribution in [3.8, 4) is 5.75 Å². The van der Waals surface area contributed by atoms with Gasteiger partial charge in [-0.05, 0) is 44.0 Å². The molecule has 144 valence electrons. The van der Waals surface area contributed by atoms with Crippen molar-refractivity contribution in [1.29, 1.82) is 0 Å². The van der Waals surface area contributed by atoms with E-state index in [2.05, 4.69) is 10.2 Å². The summed E-state index contributed by atoms with van der Waals surface area (Å²) >= 11 is 0. The number of hydrogen-bond donors (Lipinski definition) is 1. The van der Waals surface area contributed by atoms with Crippen molar-refractivity contribution >= 4 is 5.91 Å². The van der Waals surface area contributed by atoms with Crippen LogP contribution < -0.4 is 10.1 Å². The first-order chi connectivity index (χ1) is 12.6. The summed E-state index contributed by atoms with van der Waals surface area (Å²) in [5.74, 6) is 0.0429. The molecule has 2 fully saturated rings. The van der Waals surface area contributed by atoms with Gasteiger partial charge in [0.15, 0.2) is 6.10 Å². The van der Waals surface area contributed by atoms with Crippen LogP contribution in [0.2, 0.25) is 0 Å². The Morgan fingerprint density at radius 2 is 1.88 bits per heavy atom. The molecule has 1 N–H and O–H groups in total. The molecule has 0 unspecified atom stereocenters. The van der Waals surface area contributed by atoms with Gasteiger partial charge in [-0.15, -0.1) is 0 Å². The summed E-state index contributed by atoms with van der Waals surface area (Å²) < 4.78 is 24.1. The Morgan fingerprint density at radius 3 is 2.54 bits per heavy atom. The smallest absolute Gasteiger partial charge is 0.260 e. The van der Waals surface area contributed by atoms with Gasteiger partial charge >= 0.3 is 0 Å². The first kappa shape index (κ1) is 19.1. The molecule has 2 aliphatic rings. The number of carbonyl (C=O) groups is 1. The van der Waals surface area contributed by atoms with Crippen LogP contribution in [0.3, 0.4) is 0 Å². The molecular formula is C20H29FN2O3. The number of hydrogen-bond acceptors (Lipinski definition) is 4. The molecule has 5 nitrogen and oxygen atoms in total. The monoisotopic (exact) mass is 364 g/mol. The van der Waals surface area contributed by atoms with Crippen LogP contribution in [-0.4, -0.2) is 55.3 Å². The minimum absolute atomic E-state index is 0.0350. The fourth-order valence-corrected chi connectivity index (χ4v) is 4.02. The van der Waals surface area contributed by atoms with Crippen molar-refractivity contribution in [2.45, 2.75) is 50.7 Å². The molecule has 1 amide bonds. The molecule has 1 aromatic rings. The number of ether oxygens (including phenoxy) is 2. The Balaban J connectivity index is 1.57. The van der Waals surface area contributed by atoms with Crippen LogP contribution in [0.25, 0.3) is 0 Å². The first-order valence-corrected chi connectivity index (χ1v) is 9.62. The van der Waals surface area contributed by atoms with E-state index < -0.39 is 6.10 Å². The van der Waals surface area contributed by atoms with Crippen molar-refractivity contribution in [3.05, 3.63) is 30.1 Å². The van der Waals surface area contributed by atoms with Gasteiger partial charge in [0.05, 0.1) is 13.2 Å². The van der Waals surface area contributed by atoms with Gasteiger partial charge in [-0.25, -0.2) is 4.39 Å². The van der Waals surface area contributed by atoms with Crippen LogP contribution in [0.4, 0.5) is 4.39 Å². The lowest BCUT2D eigenvalue weighted by atomic mass is 9.79. The zero-order valence-corrected chi connectivity index (χ0v) is 15.5. The van der Waals surface area contributed by atoms with Crippen LogP contribution >= 0.6 is 0 Å². The molecule has 1 saturated heterocycles. The topological polar surface area (TPSA) is 50.8 Å². The minimum Gasteiger partial charge on any atom is -0.481 e. The molecular weight excluding hydrogens is 335 g/mol. The van der Waals surface area contributed by atoms with Gasteiger partial charge in [0.1, 0.15) is 11.6 Å². The molecule has 26 heavy (non-hydrogen) atoms. The number of amides is 1. The van der Waals surface area contributed by atoms with Gasteiger partial charge in [0.2, 0.25) is 0 Å². The largest absolute Gasteiger partial charge is 0.481 e. The van der Waals surface area contributed by atoms with E-state index >= 15 is 0 Å². The maximum atomic E-state index is 13.0. The zero-order valence-electron chi connectivity index (χ0n) is 15.5. The van der Waals surface area contributed by atoms with Crippen molar-refractivity contribution in [2.75, 3.05) is 32.8 Å². The molecule has 1 saturated carbocycles. The summed E-state index contributed by atoms with van der Waals surface area (Å²) in [5.41, 5.74) is 0.0350. The molecule has 1 heterocycles. The van der Waals surface area contributed by atoms with Crippen LogP contribution in [0, 0.1) is 5.82 Å². The highest BCUT2D eigenvalue weighted by atomic mass is 19.1. The second-order valence-electron chi connectivity index (χ2n) is 7.32. The Morgan fingerprint density at radius 1 is 1.23 bits per heavy atom. The summed E-state index contributed by atoms with van der Waals surface area (Å²) in [5, 5.41) is 3.10. The average Bonchev–Trinajstić information content (AvgIpc) is 2.69. The number of nitrogens with one attached hydrogen (secondary N) is 1. The number of benzene rings is 1. The summed E-state index contributed by atoms with van der Waals surface area (Å²) in [4.78, 5) is 15.0. The minimum atomic E-state index is -0.620. The Kier molecular flexibility index (Phi) is 6.48. The lowest BCUT2D eigenvalue weighted by molar-refractivity contribution is -0.128. The van der Waals surface area contributed by atoms with E-state index in [1.807, 2.05) is 0 Å². The van der Waals surface area contributed by atoms with Gasteiger partial charge in [0, 0.05) is 25.2 Å². The van der Waals surface area contributed by atoms with E-state index in [0.29, 0.717) is 12.3 Å². The summed E-state index contributed by atoms with van der Waals surface area (Å²) in [6.45, 7) is 5.75. The van der Waals surface area contributed by atoms with Crippen molar-refractivity contribution in [1.82, 2.24) is 10.2 Å². The molecule has 0 spiro atoms. The Hall–Kier alpha value is -1.66. The standard InChI is InChI=1S/C20H29FN2O3/c1-16(26-18-7-5-17(21)6-8-18)19(24)22-15-20(9-3-2-4-10-20)23-11-13-25-14-12-23/h5-8,16H,2-4,9-15H2,1H3,(H,22,24)/t16-/m1/s1. The van der Waals surface area contributed by atoms with E-state index in [9.17, 15) is 9.18 Å². The highest BCUT2D eigenvalue weighted by Crippen LogP contribution is 2.33. The number of morpholine rings is 1. The number of carbonyl (C=O) groups excluding carboxylic acids is 1. The van der Waals surface area contributed by atoms with E-state index in [4.69, 9.17) is 9.47 Å². The summed E-state index contributed by atoms with van der Waals surface area (Å²) in [6.07, 6.45) is 5.28. The Bertz CT molecular complexity index is 581. The molecule has 1 atom stereocenters. The molecule has 0 aromatic heterocycles. The SMILES string of the molecule is C[C@@H](Oc1ccc(F)cc1)C(=O)NCC1(N2CCOCC2)CCCCC1. The highest BCUT2D eigenvalue weighted by Gasteiger charge is 2.39. The maximum absolute atomic E-state index is 13.0. The van der Waals surface area contributed by atoms with Crippen LogP contribution in [0.1, 0.15) is 39.0 Å². The van der Waals surface area contributed by atoms with Gasteiger partial charge in [-0.3, -0.25) is 9.69 Å². The normalized spacial score (nSPS) is 21.8. The molecule has 1 aliphatic heterocycles. The van der Waals surface area contributed by atoms with E-state index in [1.54, 1.807) is 6.92 Å². The van der Waals surface area contributed by atoms with E-state index in [1.165, 1.54) is 43.5 Å². The third kappa shape index (κ3) is 4.74. The van der Waals surface area contributed by atoms with Crippen LogP contribution in [-0.2, 0) is 9.53 Å². The molecule has 6 heteroatoms. The molecule has 0 bridgehead atoms. The maximum Gasteiger partial charge on any atom is 0.260 e. The summed E-state index contributed by atoms with van der Waals surface area (Å²) in [7, 11) is 0. The lowest BCUT2D eigenvalue weighted by Crippen LogP contribution is -2.60. The predicted octanol–water partition coefficient (Wildman–Crippen LogP) is 2.74. The van der Waals surface area contributed by atoms with E-state index in [-0.39, 0.29) is 17.3 Å². The predicted molar refractivity (Wildman–Crippen MR) is 97.7 cm³/mol. The molecule has 1 aromatic carbocycles. The van der Waals surface area contributed by atoms with Crippen LogP contribution in [0.15, 0.2) is 24.3 Å². The second kappa shape index (κ2) is 8.82. The van der Waals surface area contributed by atoms with Gasteiger partial charge in [-0.1, -0.05) is 19.3 Å². The number of halogens is 1. The van der Waals surface area contributed by atoms with Crippen molar-refractivity contribution in [3.63, 3.8) is 0 Å². The third-order valence-corrected chi connectivity index (χ3v) is 5.55. The average molecular weight is 364 g/mol. The summed E-state index contributed by atoms with van der Waals surface area (Å²) in [6, 6.07) is 5.73. The van der Waals surface area contributed by atoms with Gasteiger partial charge in [-0.2, -0.15) is 0 Å². The zero-order chi connectivity index (χ0) is 18.4. The van der Waals surface area contributed by atoms with Gasteiger partial charge in [0.25, 0.3) is 5.91 Å². The fourth-order valence-electron chi connectivity index (χ4n) is 4.02. The molecule has 0 radical (unpaired) electrons. The number of nitrogens with zero attached hydrogens (tertiary/aromatic N) is 1.